The molecule has 1 saturated heterocycles. The normalized spacial score (nSPS) is 19.9. The summed E-state index contributed by atoms with van der Waals surface area (Å²) < 4.78 is 2.09. The Bertz CT molecular complexity index is 1910. The Morgan fingerprint density at radius 1 is 1.16 bits per heavy atom. The number of halogens is 1. The molecule has 4 heterocycles. The van der Waals surface area contributed by atoms with Crippen molar-refractivity contribution >= 4 is 50.4 Å². The molecule has 2 N–H and O–H groups in total. The molecule has 6 rings (SSSR count). The first-order valence-electron chi connectivity index (χ1n) is 14.0. The van der Waals surface area contributed by atoms with Crippen LogP contribution in [0.5, 0.6) is 0 Å². The molecule has 11 nitrogen and oxygen atoms in total. The zero-order valence-electron chi connectivity index (χ0n) is 24.4. The molecule has 44 heavy (non-hydrogen) atoms. The summed E-state index contributed by atoms with van der Waals surface area (Å²) in [6.07, 6.45) is 5.41. The van der Waals surface area contributed by atoms with E-state index in [1.807, 2.05) is 38.1 Å². The van der Waals surface area contributed by atoms with E-state index in [0.29, 0.717) is 33.6 Å². The molecule has 222 valence electrons. The number of nitrogens with zero attached hydrogens (tertiary/aromatic N) is 6. The van der Waals surface area contributed by atoms with Crippen LogP contribution in [0.1, 0.15) is 35.2 Å². The van der Waals surface area contributed by atoms with Crippen LogP contribution in [-0.4, -0.2) is 66.0 Å². The van der Waals surface area contributed by atoms with E-state index in [1.165, 1.54) is 4.68 Å². The number of anilines is 1. The minimum absolute atomic E-state index is 0.171. The molecule has 0 saturated carbocycles. The minimum atomic E-state index is -0.773. The monoisotopic (exact) mass is 652 g/mol. The first-order valence-corrected chi connectivity index (χ1v) is 14.8. The number of fused-ring (bicyclic) bond motifs is 2. The molecular formula is C32H29BrN8O3. The molecular weight excluding hydrogens is 624 g/mol. The SMILES string of the molecule is C=CCNC(=O)c1nn(CC(=O)N2[C@H](C(=O)Nc3nc(Br)ccc3C)C[C@@]3(C)C#C[C@@H]23)c2ccc(-c3cnc(C)nc3)cc12. The Labute approximate surface area is 262 Å². The van der Waals surface area contributed by atoms with Gasteiger partial charge in [-0.3, -0.25) is 19.1 Å². The van der Waals surface area contributed by atoms with E-state index in [-0.39, 0.29) is 30.6 Å². The van der Waals surface area contributed by atoms with Crippen molar-refractivity contribution in [2.45, 2.75) is 45.8 Å². The van der Waals surface area contributed by atoms with Crippen molar-refractivity contribution in [2.24, 2.45) is 5.41 Å². The summed E-state index contributed by atoms with van der Waals surface area (Å²) in [7, 11) is 0. The smallest absolute Gasteiger partial charge is 0.272 e. The van der Waals surface area contributed by atoms with Crippen LogP contribution < -0.4 is 10.6 Å². The number of aryl methyl sites for hydroxylation is 2. The summed E-state index contributed by atoms with van der Waals surface area (Å²) in [5, 5.41) is 10.8. The number of amides is 3. The van der Waals surface area contributed by atoms with E-state index in [0.717, 1.165) is 16.7 Å². The van der Waals surface area contributed by atoms with Crippen LogP contribution >= 0.6 is 15.9 Å². The number of likely N-dealkylation sites (tertiary alicyclic amines) is 1. The number of benzene rings is 1. The van der Waals surface area contributed by atoms with Crippen molar-refractivity contribution in [3.63, 3.8) is 0 Å². The van der Waals surface area contributed by atoms with Gasteiger partial charge in [-0.1, -0.05) is 30.0 Å². The van der Waals surface area contributed by atoms with Gasteiger partial charge in [-0.05, 0) is 72.4 Å². The fourth-order valence-electron chi connectivity index (χ4n) is 5.62. The molecule has 1 aliphatic carbocycles. The van der Waals surface area contributed by atoms with Gasteiger partial charge >= 0.3 is 0 Å². The molecule has 3 atom stereocenters. The van der Waals surface area contributed by atoms with Gasteiger partial charge in [0.1, 0.15) is 34.9 Å². The van der Waals surface area contributed by atoms with Crippen molar-refractivity contribution in [3.8, 4) is 23.0 Å². The summed E-state index contributed by atoms with van der Waals surface area (Å²) in [6, 6.07) is 7.99. The third-order valence-electron chi connectivity index (χ3n) is 8.00. The second kappa shape index (κ2) is 11.3. The predicted octanol–water partition coefficient (Wildman–Crippen LogP) is 3.81. The van der Waals surface area contributed by atoms with Crippen molar-refractivity contribution < 1.29 is 14.4 Å². The number of pyridine rings is 1. The van der Waals surface area contributed by atoms with Gasteiger partial charge in [0.05, 0.1) is 10.9 Å². The lowest BCUT2D eigenvalue weighted by molar-refractivity contribution is -0.138. The third kappa shape index (κ3) is 5.24. The zero-order valence-corrected chi connectivity index (χ0v) is 26.0. The molecule has 3 amide bonds. The molecule has 4 aromatic rings. The fraction of sp³-hybridized carbons (Fsp3) is 0.281. The van der Waals surface area contributed by atoms with E-state index in [1.54, 1.807) is 36.4 Å². The van der Waals surface area contributed by atoms with Crippen molar-refractivity contribution in [2.75, 3.05) is 11.9 Å². The highest BCUT2D eigenvalue weighted by Gasteiger charge is 2.56. The average molecular weight is 654 g/mol. The molecule has 0 bridgehead atoms. The van der Waals surface area contributed by atoms with Crippen molar-refractivity contribution in [1.29, 1.82) is 0 Å². The highest BCUT2D eigenvalue weighted by atomic mass is 79.9. The van der Waals surface area contributed by atoms with Crippen LogP contribution in [-0.2, 0) is 16.1 Å². The molecule has 3 aromatic heterocycles. The van der Waals surface area contributed by atoms with Gasteiger partial charge in [0.15, 0.2) is 5.69 Å². The van der Waals surface area contributed by atoms with Crippen LogP contribution in [0.3, 0.4) is 0 Å². The molecule has 0 spiro atoms. The molecule has 0 unspecified atom stereocenters. The van der Waals surface area contributed by atoms with E-state index in [4.69, 9.17) is 0 Å². The fourth-order valence-corrected chi connectivity index (χ4v) is 5.93. The Kier molecular flexibility index (Phi) is 7.51. The number of hydrogen-bond donors (Lipinski definition) is 2. The Morgan fingerprint density at radius 3 is 2.64 bits per heavy atom. The van der Waals surface area contributed by atoms with Crippen molar-refractivity contribution in [1.82, 2.24) is 34.9 Å². The Morgan fingerprint density at radius 2 is 1.93 bits per heavy atom. The molecule has 12 heteroatoms. The minimum Gasteiger partial charge on any atom is -0.347 e. The quantitative estimate of drug-likeness (QED) is 0.168. The van der Waals surface area contributed by atoms with E-state index in [9.17, 15) is 14.4 Å². The van der Waals surface area contributed by atoms with Crippen molar-refractivity contribution in [3.05, 3.63) is 77.1 Å². The topological polar surface area (TPSA) is 135 Å². The van der Waals surface area contributed by atoms with Gasteiger partial charge in [-0.2, -0.15) is 5.10 Å². The average Bonchev–Trinajstić information content (AvgIpc) is 3.45. The van der Waals surface area contributed by atoms with Gasteiger partial charge in [-0.15, -0.1) is 6.58 Å². The van der Waals surface area contributed by atoms with E-state index in [2.05, 4.69) is 65.0 Å². The van der Waals surface area contributed by atoms with Gasteiger partial charge in [0, 0.05) is 29.9 Å². The van der Waals surface area contributed by atoms with Gasteiger partial charge < -0.3 is 15.5 Å². The lowest BCUT2D eigenvalue weighted by Crippen LogP contribution is -2.50. The first-order chi connectivity index (χ1) is 21.1. The van der Waals surface area contributed by atoms with E-state index >= 15 is 0 Å². The summed E-state index contributed by atoms with van der Waals surface area (Å²) >= 11 is 3.35. The second-order valence-corrected chi connectivity index (χ2v) is 12.0. The predicted molar refractivity (Wildman–Crippen MR) is 168 cm³/mol. The third-order valence-corrected chi connectivity index (χ3v) is 8.44. The van der Waals surface area contributed by atoms with Gasteiger partial charge in [-0.25, -0.2) is 15.0 Å². The molecule has 2 aliphatic rings. The Balaban J connectivity index is 1.33. The number of nitrogens with one attached hydrogen (secondary N) is 2. The zero-order chi connectivity index (χ0) is 31.2. The summed E-state index contributed by atoms with van der Waals surface area (Å²) in [5.41, 5.74) is 2.65. The number of aromatic nitrogens is 5. The highest BCUT2D eigenvalue weighted by Crippen LogP contribution is 2.45. The number of rotatable bonds is 8. The lowest BCUT2D eigenvalue weighted by Gasteiger charge is -2.34. The number of carbonyl (C=O) groups excluding carboxylic acids is 3. The number of carbonyl (C=O) groups is 3. The molecule has 1 fully saturated rings. The molecule has 1 aromatic carbocycles. The second-order valence-electron chi connectivity index (χ2n) is 11.2. The summed E-state index contributed by atoms with van der Waals surface area (Å²) in [4.78, 5) is 55.3. The molecule has 1 aliphatic heterocycles. The maximum atomic E-state index is 14.0. The van der Waals surface area contributed by atoms with Gasteiger partial charge in [0.2, 0.25) is 11.8 Å². The van der Waals surface area contributed by atoms with Crippen LogP contribution in [0.15, 0.2) is 60.0 Å². The highest BCUT2D eigenvalue weighted by molar-refractivity contribution is 9.10. The van der Waals surface area contributed by atoms with Crippen LogP contribution in [0.25, 0.3) is 22.0 Å². The lowest BCUT2D eigenvalue weighted by atomic mass is 9.76. The van der Waals surface area contributed by atoms with E-state index < -0.39 is 23.4 Å². The summed E-state index contributed by atoms with van der Waals surface area (Å²) in [6.45, 7) is 9.35. The molecule has 0 radical (unpaired) electrons. The van der Waals surface area contributed by atoms with Gasteiger partial charge in [0.25, 0.3) is 5.91 Å². The Hall–Kier alpha value is -4.89. The maximum absolute atomic E-state index is 14.0. The van der Waals surface area contributed by atoms with Crippen LogP contribution in [0, 0.1) is 31.1 Å². The largest absolute Gasteiger partial charge is 0.347 e. The standard InChI is InChI=1S/C32H29BrN8O3/c1-5-12-34-31(44)28-22-13-20(21-15-35-19(3)36-16-21)7-8-23(22)40(39-28)17-27(42)41-24(14-32(4)11-10-25(32)41)30(43)38-29-18(2)6-9-26(33)37-29/h5-9,13,15-16,24-25H,1,12,14,17H2,2-4H3,(H,34,44)(H,37,38,43)/t24-,25+,32+/m0/s1. The number of hydrogen-bond acceptors (Lipinski definition) is 7. The first kappa shape index (κ1) is 29.2. The summed E-state index contributed by atoms with van der Waals surface area (Å²) in [5.74, 6) is 6.24. The van der Waals surface area contributed by atoms with Crippen LogP contribution in [0.4, 0.5) is 5.82 Å². The van der Waals surface area contributed by atoms with Crippen LogP contribution in [0.2, 0.25) is 0 Å². The maximum Gasteiger partial charge on any atom is 0.272 e.